The Morgan fingerprint density at radius 2 is 1.89 bits per heavy atom. The van der Waals surface area contributed by atoms with E-state index in [0.29, 0.717) is 0 Å². The number of rotatable bonds is 3. The lowest BCUT2D eigenvalue weighted by Crippen LogP contribution is -2.34. The number of aryl methyl sites for hydroxylation is 1. The number of nitrogens with two attached hydrogens (primary N) is 1. The van der Waals surface area contributed by atoms with E-state index < -0.39 is 0 Å². The highest BCUT2D eigenvalue weighted by Gasteiger charge is 2.34. The molecule has 1 aliphatic carbocycles. The normalized spacial score (nSPS) is 20.4. The van der Waals surface area contributed by atoms with Crippen molar-refractivity contribution in [3.63, 3.8) is 0 Å². The second-order valence-electron chi connectivity index (χ2n) is 5.91. The summed E-state index contributed by atoms with van der Waals surface area (Å²) in [6.07, 6.45) is 6.50. The molecule has 1 fully saturated rings. The Kier molecular flexibility index (Phi) is 3.96. The number of methoxy groups -OCH3 is 1. The van der Waals surface area contributed by atoms with E-state index in [1.54, 1.807) is 7.11 Å². The summed E-state index contributed by atoms with van der Waals surface area (Å²) in [4.78, 5) is 0. The van der Waals surface area contributed by atoms with Crippen LogP contribution in [-0.4, -0.2) is 7.11 Å². The third-order valence-corrected chi connectivity index (χ3v) is 4.56. The summed E-state index contributed by atoms with van der Waals surface area (Å²) in [7, 11) is 1.71. The fourth-order valence-corrected chi connectivity index (χ4v) is 3.17. The minimum atomic E-state index is 0.142. The largest absolute Gasteiger partial charge is 0.497 e. The zero-order valence-electron chi connectivity index (χ0n) is 11.8. The molecule has 1 aromatic rings. The van der Waals surface area contributed by atoms with E-state index in [1.807, 2.05) is 6.07 Å². The van der Waals surface area contributed by atoms with Crippen LogP contribution in [-0.2, 0) is 0 Å². The summed E-state index contributed by atoms with van der Waals surface area (Å²) in [6.45, 7) is 4.48. The van der Waals surface area contributed by atoms with E-state index in [-0.39, 0.29) is 11.5 Å². The van der Waals surface area contributed by atoms with Gasteiger partial charge in [-0.2, -0.15) is 0 Å². The zero-order valence-corrected chi connectivity index (χ0v) is 11.8. The Hall–Kier alpha value is -1.02. The van der Waals surface area contributed by atoms with Crippen LogP contribution in [0, 0.1) is 12.3 Å². The highest BCUT2D eigenvalue weighted by molar-refractivity contribution is 5.37. The van der Waals surface area contributed by atoms with E-state index >= 15 is 0 Å². The van der Waals surface area contributed by atoms with Crippen LogP contribution >= 0.6 is 0 Å². The standard InChI is InChI=1S/C16H25NO/c1-12-11-13(18-3)7-8-14(12)15(17)16(2)9-5-4-6-10-16/h7-8,11,15H,4-6,9-10,17H2,1-3H3. The van der Waals surface area contributed by atoms with E-state index in [0.717, 1.165) is 5.75 Å². The highest BCUT2D eigenvalue weighted by Crippen LogP contribution is 2.45. The van der Waals surface area contributed by atoms with Crippen molar-refractivity contribution in [2.45, 2.75) is 52.0 Å². The topological polar surface area (TPSA) is 35.2 Å². The monoisotopic (exact) mass is 247 g/mol. The fraction of sp³-hybridized carbons (Fsp3) is 0.625. The first-order valence-electron chi connectivity index (χ1n) is 6.97. The lowest BCUT2D eigenvalue weighted by atomic mass is 9.68. The van der Waals surface area contributed by atoms with Gasteiger partial charge in [-0.05, 0) is 48.4 Å². The summed E-state index contributed by atoms with van der Waals surface area (Å²) in [5, 5.41) is 0. The number of ether oxygens (including phenoxy) is 1. The van der Waals surface area contributed by atoms with Gasteiger partial charge < -0.3 is 10.5 Å². The first-order chi connectivity index (χ1) is 8.57. The maximum absolute atomic E-state index is 6.56. The van der Waals surface area contributed by atoms with Gasteiger partial charge in [-0.25, -0.2) is 0 Å². The molecule has 2 N–H and O–H groups in total. The molecule has 100 valence electrons. The fourth-order valence-electron chi connectivity index (χ4n) is 3.17. The van der Waals surface area contributed by atoms with Gasteiger partial charge in [0.15, 0.2) is 0 Å². The molecule has 0 amide bonds. The van der Waals surface area contributed by atoms with Crippen molar-refractivity contribution >= 4 is 0 Å². The van der Waals surface area contributed by atoms with Crippen LogP contribution in [0.5, 0.6) is 5.75 Å². The second kappa shape index (κ2) is 5.31. The van der Waals surface area contributed by atoms with Crippen LogP contribution < -0.4 is 10.5 Å². The minimum Gasteiger partial charge on any atom is -0.497 e. The van der Waals surface area contributed by atoms with Gasteiger partial charge >= 0.3 is 0 Å². The molecule has 2 rings (SSSR count). The summed E-state index contributed by atoms with van der Waals surface area (Å²) < 4.78 is 5.26. The third kappa shape index (κ3) is 2.54. The molecule has 18 heavy (non-hydrogen) atoms. The van der Waals surface area contributed by atoms with Gasteiger partial charge in [0, 0.05) is 6.04 Å². The molecule has 0 spiro atoms. The Balaban J connectivity index is 2.24. The lowest BCUT2D eigenvalue weighted by Gasteiger charge is -2.39. The summed E-state index contributed by atoms with van der Waals surface area (Å²) in [5.41, 5.74) is 9.34. The van der Waals surface area contributed by atoms with Crippen LogP contribution in [0.4, 0.5) is 0 Å². The van der Waals surface area contributed by atoms with Crippen molar-refractivity contribution in [2.24, 2.45) is 11.1 Å². The summed E-state index contributed by atoms with van der Waals surface area (Å²) in [5.74, 6) is 0.914. The van der Waals surface area contributed by atoms with Gasteiger partial charge in [0.25, 0.3) is 0 Å². The number of hydrogen-bond donors (Lipinski definition) is 1. The van der Waals surface area contributed by atoms with E-state index in [4.69, 9.17) is 10.5 Å². The van der Waals surface area contributed by atoms with Crippen LogP contribution in [0.25, 0.3) is 0 Å². The first-order valence-corrected chi connectivity index (χ1v) is 6.97. The van der Waals surface area contributed by atoms with Crippen molar-refractivity contribution in [1.29, 1.82) is 0 Å². The summed E-state index contributed by atoms with van der Waals surface area (Å²) >= 11 is 0. The predicted molar refractivity (Wildman–Crippen MR) is 75.9 cm³/mol. The average molecular weight is 247 g/mol. The molecule has 1 unspecified atom stereocenters. The Morgan fingerprint density at radius 1 is 1.22 bits per heavy atom. The molecule has 1 aromatic carbocycles. The second-order valence-corrected chi connectivity index (χ2v) is 5.91. The summed E-state index contributed by atoms with van der Waals surface area (Å²) in [6, 6.07) is 6.39. The van der Waals surface area contributed by atoms with E-state index in [2.05, 4.69) is 26.0 Å². The number of benzene rings is 1. The highest BCUT2D eigenvalue weighted by atomic mass is 16.5. The van der Waals surface area contributed by atoms with Crippen LogP contribution in [0.3, 0.4) is 0 Å². The van der Waals surface area contributed by atoms with Crippen LogP contribution in [0.2, 0.25) is 0 Å². The molecule has 0 bridgehead atoms. The average Bonchev–Trinajstić information content (AvgIpc) is 2.38. The maximum atomic E-state index is 6.56. The zero-order chi connectivity index (χ0) is 13.2. The molecule has 1 aliphatic rings. The van der Waals surface area contributed by atoms with Crippen molar-refractivity contribution in [2.75, 3.05) is 7.11 Å². The molecular formula is C16H25NO. The van der Waals surface area contributed by atoms with Crippen molar-refractivity contribution < 1.29 is 4.74 Å². The van der Waals surface area contributed by atoms with Crippen molar-refractivity contribution in [3.05, 3.63) is 29.3 Å². The van der Waals surface area contributed by atoms with Gasteiger partial charge in [-0.3, -0.25) is 0 Å². The molecule has 2 nitrogen and oxygen atoms in total. The van der Waals surface area contributed by atoms with Crippen LogP contribution in [0.15, 0.2) is 18.2 Å². The quantitative estimate of drug-likeness (QED) is 0.877. The van der Waals surface area contributed by atoms with Crippen molar-refractivity contribution in [1.82, 2.24) is 0 Å². The molecular weight excluding hydrogens is 222 g/mol. The van der Waals surface area contributed by atoms with Gasteiger partial charge in [0.1, 0.15) is 5.75 Å². The minimum absolute atomic E-state index is 0.142. The van der Waals surface area contributed by atoms with Crippen molar-refractivity contribution in [3.8, 4) is 5.75 Å². The van der Waals surface area contributed by atoms with Gasteiger partial charge in [0.05, 0.1) is 7.11 Å². The lowest BCUT2D eigenvalue weighted by molar-refractivity contribution is 0.170. The smallest absolute Gasteiger partial charge is 0.119 e. The van der Waals surface area contributed by atoms with E-state index in [1.165, 1.54) is 43.2 Å². The Labute approximate surface area is 111 Å². The molecule has 0 radical (unpaired) electrons. The molecule has 0 aromatic heterocycles. The maximum Gasteiger partial charge on any atom is 0.119 e. The molecule has 0 aliphatic heterocycles. The van der Waals surface area contributed by atoms with E-state index in [9.17, 15) is 0 Å². The molecule has 0 saturated heterocycles. The predicted octanol–water partition coefficient (Wildman–Crippen LogP) is 3.97. The molecule has 1 saturated carbocycles. The molecule has 0 heterocycles. The van der Waals surface area contributed by atoms with Gasteiger partial charge in [0.2, 0.25) is 0 Å². The molecule has 1 atom stereocenters. The number of hydrogen-bond acceptors (Lipinski definition) is 2. The Morgan fingerprint density at radius 3 is 2.44 bits per heavy atom. The van der Waals surface area contributed by atoms with Crippen LogP contribution in [0.1, 0.15) is 56.2 Å². The van der Waals surface area contributed by atoms with Gasteiger partial charge in [-0.15, -0.1) is 0 Å². The first kappa shape index (κ1) is 13.4. The van der Waals surface area contributed by atoms with Gasteiger partial charge in [-0.1, -0.05) is 32.3 Å². The molecule has 2 heteroatoms. The Bertz CT molecular complexity index is 408. The SMILES string of the molecule is COc1ccc(C(N)C2(C)CCCCC2)c(C)c1. The third-order valence-electron chi connectivity index (χ3n) is 4.56.